The van der Waals surface area contributed by atoms with E-state index in [2.05, 4.69) is 0 Å². The molecule has 0 aliphatic heterocycles. The summed E-state index contributed by atoms with van der Waals surface area (Å²) in [5.74, 6) is -0.502. The highest BCUT2D eigenvalue weighted by Crippen LogP contribution is 2.30. The van der Waals surface area contributed by atoms with Crippen molar-refractivity contribution in [3.63, 3.8) is 0 Å². The zero-order valence-corrected chi connectivity index (χ0v) is 16.6. The molecule has 1 heterocycles. The van der Waals surface area contributed by atoms with Gasteiger partial charge in [0.15, 0.2) is 0 Å². The van der Waals surface area contributed by atoms with Gasteiger partial charge >= 0.3 is 5.97 Å². The van der Waals surface area contributed by atoms with E-state index in [-0.39, 0.29) is 24.0 Å². The number of fused-ring (bicyclic) bond motifs is 1. The van der Waals surface area contributed by atoms with Gasteiger partial charge in [0.05, 0.1) is 18.5 Å². The molecule has 1 aromatic heterocycles. The lowest BCUT2D eigenvalue weighted by Gasteiger charge is -2.08. The van der Waals surface area contributed by atoms with Gasteiger partial charge in [-0.05, 0) is 61.4 Å². The number of hydrogen-bond donors (Lipinski definition) is 1. The molecule has 0 radical (unpaired) electrons. The normalized spacial score (nSPS) is 11.0. The summed E-state index contributed by atoms with van der Waals surface area (Å²) in [6.45, 7) is 4.19. The topological polar surface area (TPSA) is 68.5 Å². The number of rotatable bonds is 6. The molecule has 2 aromatic carbocycles. The monoisotopic (exact) mass is 399 g/mol. The molecule has 5 nitrogen and oxygen atoms in total. The zero-order chi connectivity index (χ0) is 20.3. The minimum atomic E-state index is -0.349. The Morgan fingerprint density at radius 3 is 2.54 bits per heavy atom. The molecule has 0 aliphatic carbocycles. The fourth-order valence-electron chi connectivity index (χ4n) is 3.20. The van der Waals surface area contributed by atoms with Crippen molar-refractivity contribution in [2.45, 2.75) is 33.1 Å². The summed E-state index contributed by atoms with van der Waals surface area (Å²) in [7, 11) is 0. The van der Waals surface area contributed by atoms with Crippen LogP contribution in [-0.4, -0.2) is 28.2 Å². The first kappa shape index (κ1) is 20.0. The number of ether oxygens (including phenoxy) is 1. The smallest absolute Gasteiger partial charge is 0.310 e. The van der Waals surface area contributed by atoms with E-state index in [1.807, 2.05) is 6.92 Å². The highest BCUT2D eigenvalue weighted by atomic mass is 35.5. The first-order valence-corrected chi connectivity index (χ1v) is 9.59. The summed E-state index contributed by atoms with van der Waals surface area (Å²) in [5, 5.41) is 11.1. The van der Waals surface area contributed by atoms with Crippen LogP contribution in [0.15, 0.2) is 42.5 Å². The van der Waals surface area contributed by atoms with Gasteiger partial charge in [0.25, 0.3) is 5.91 Å². The molecule has 0 amide bonds. The maximum atomic E-state index is 13.1. The van der Waals surface area contributed by atoms with Crippen LogP contribution in [0.3, 0.4) is 0 Å². The van der Waals surface area contributed by atoms with Crippen LogP contribution in [-0.2, 0) is 16.0 Å². The van der Waals surface area contributed by atoms with Crippen molar-refractivity contribution in [1.29, 1.82) is 0 Å². The Morgan fingerprint density at radius 1 is 1.14 bits per heavy atom. The van der Waals surface area contributed by atoms with Crippen molar-refractivity contribution in [3.8, 4) is 5.75 Å². The fourth-order valence-corrected chi connectivity index (χ4v) is 3.33. The van der Waals surface area contributed by atoms with Crippen LogP contribution in [0.5, 0.6) is 5.75 Å². The van der Waals surface area contributed by atoms with E-state index in [4.69, 9.17) is 16.3 Å². The number of aromatic nitrogens is 1. The van der Waals surface area contributed by atoms with E-state index in [1.165, 1.54) is 6.07 Å². The second-order valence-corrected chi connectivity index (χ2v) is 7.10. The van der Waals surface area contributed by atoms with Crippen LogP contribution in [0.2, 0.25) is 5.02 Å². The Morgan fingerprint density at radius 2 is 1.86 bits per heavy atom. The Balaban J connectivity index is 2.04. The summed E-state index contributed by atoms with van der Waals surface area (Å²) in [5.41, 5.74) is 2.43. The molecule has 0 saturated heterocycles. The van der Waals surface area contributed by atoms with Crippen LogP contribution < -0.4 is 0 Å². The highest BCUT2D eigenvalue weighted by molar-refractivity contribution is 6.30. The molecule has 0 bridgehead atoms. The molecule has 146 valence electrons. The molecule has 0 aliphatic rings. The van der Waals surface area contributed by atoms with Gasteiger partial charge < -0.3 is 9.84 Å². The number of carbonyl (C=O) groups is 2. The van der Waals surface area contributed by atoms with Gasteiger partial charge in [0, 0.05) is 21.7 Å². The SMILES string of the molecule is CCCCOC(=O)Cc1c(C)n(C(=O)c2ccc(Cl)cc2)c2ccc(O)cc12. The Bertz CT molecular complexity index is 1020. The molecule has 28 heavy (non-hydrogen) atoms. The number of phenols is 1. The third-order valence-corrected chi connectivity index (χ3v) is 4.95. The molecule has 0 saturated carbocycles. The molecule has 6 heteroatoms. The third kappa shape index (κ3) is 4.04. The number of unbranched alkanes of at least 4 members (excludes halogenated alkanes) is 1. The summed E-state index contributed by atoms with van der Waals surface area (Å²) in [6, 6.07) is 11.4. The van der Waals surface area contributed by atoms with Crippen LogP contribution >= 0.6 is 11.6 Å². The first-order chi connectivity index (χ1) is 13.4. The predicted molar refractivity (Wildman–Crippen MR) is 109 cm³/mol. The number of phenolic OH excluding ortho intramolecular Hbond substituents is 1. The third-order valence-electron chi connectivity index (χ3n) is 4.69. The minimum absolute atomic E-state index is 0.0381. The van der Waals surface area contributed by atoms with Gasteiger partial charge in [-0.2, -0.15) is 0 Å². The van der Waals surface area contributed by atoms with E-state index in [0.717, 1.165) is 12.8 Å². The lowest BCUT2D eigenvalue weighted by molar-refractivity contribution is -0.142. The largest absolute Gasteiger partial charge is 0.508 e. The maximum absolute atomic E-state index is 13.1. The van der Waals surface area contributed by atoms with Crippen molar-refractivity contribution in [1.82, 2.24) is 4.57 Å². The summed E-state index contributed by atoms with van der Waals surface area (Å²) < 4.78 is 6.84. The summed E-state index contributed by atoms with van der Waals surface area (Å²) >= 11 is 5.92. The van der Waals surface area contributed by atoms with Crippen LogP contribution in [0.25, 0.3) is 10.9 Å². The number of nitrogens with zero attached hydrogens (tertiary/aromatic N) is 1. The van der Waals surface area contributed by atoms with Crippen molar-refractivity contribution in [3.05, 3.63) is 64.3 Å². The van der Waals surface area contributed by atoms with Gasteiger partial charge in [-0.1, -0.05) is 24.9 Å². The standard InChI is InChI=1S/C22H22ClNO4/c1-3-4-11-28-21(26)13-18-14(2)24(20-10-9-17(25)12-19(18)20)22(27)15-5-7-16(23)8-6-15/h5-10,12,25H,3-4,11,13H2,1-2H3. The highest BCUT2D eigenvalue weighted by Gasteiger charge is 2.22. The molecule has 3 rings (SSSR count). The number of carbonyl (C=O) groups excluding carboxylic acids is 2. The molecule has 0 atom stereocenters. The lowest BCUT2D eigenvalue weighted by atomic mass is 10.1. The summed E-state index contributed by atoms with van der Waals surface area (Å²) in [6.07, 6.45) is 1.79. The van der Waals surface area contributed by atoms with Crippen LogP contribution in [0.4, 0.5) is 0 Å². The average molecular weight is 400 g/mol. The van der Waals surface area contributed by atoms with Gasteiger partial charge in [0.2, 0.25) is 0 Å². The van der Waals surface area contributed by atoms with E-state index in [1.54, 1.807) is 47.9 Å². The molecule has 0 spiro atoms. The number of hydrogen-bond acceptors (Lipinski definition) is 4. The van der Waals surface area contributed by atoms with Gasteiger partial charge in [0.1, 0.15) is 5.75 Å². The zero-order valence-electron chi connectivity index (χ0n) is 15.9. The van der Waals surface area contributed by atoms with Crippen molar-refractivity contribution in [2.24, 2.45) is 0 Å². The molecule has 0 fully saturated rings. The molecular formula is C22H22ClNO4. The van der Waals surface area contributed by atoms with Crippen LogP contribution in [0, 0.1) is 6.92 Å². The second-order valence-electron chi connectivity index (χ2n) is 6.66. The number of benzene rings is 2. The molecule has 3 aromatic rings. The van der Waals surface area contributed by atoms with Crippen LogP contribution in [0.1, 0.15) is 41.4 Å². The van der Waals surface area contributed by atoms with E-state index < -0.39 is 0 Å². The molecule has 1 N–H and O–H groups in total. The Hall–Kier alpha value is -2.79. The van der Waals surface area contributed by atoms with Gasteiger partial charge in [-0.25, -0.2) is 0 Å². The van der Waals surface area contributed by atoms with E-state index >= 15 is 0 Å². The maximum Gasteiger partial charge on any atom is 0.310 e. The molecular weight excluding hydrogens is 378 g/mol. The van der Waals surface area contributed by atoms with Gasteiger partial charge in [-0.15, -0.1) is 0 Å². The Kier molecular flexibility index (Phi) is 6.05. The number of aromatic hydroxyl groups is 1. The quantitative estimate of drug-likeness (QED) is 0.473. The fraction of sp³-hybridized carbons (Fsp3) is 0.273. The van der Waals surface area contributed by atoms with Crippen molar-refractivity contribution < 1.29 is 19.4 Å². The minimum Gasteiger partial charge on any atom is -0.508 e. The number of halogens is 1. The Labute approximate surface area is 168 Å². The van der Waals surface area contributed by atoms with E-state index in [0.29, 0.717) is 39.4 Å². The van der Waals surface area contributed by atoms with Crippen molar-refractivity contribution in [2.75, 3.05) is 6.61 Å². The summed E-state index contributed by atoms with van der Waals surface area (Å²) in [4.78, 5) is 25.4. The lowest BCUT2D eigenvalue weighted by Crippen LogP contribution is -2.14. The molecule has 0 unspecified atom stereocenters. The average Bonchev–Trinajstić information content (AvgIpc) is 2.93. The predicted octanol–water partition coefficient (Wildman–Crippen LogP) is 4.88. The second kappa shape index (κ2) is 8.48. The van der Waals surface area contributed by atoms with Crippen molar-refractivity contribution >= 4 is 34.4 Å². The van der Waals surface area contributed by atoms with E-state index in [9.17, 15) is 14.7 Å². The van der Waals surface area contributed by atoms with Gasteiger partial charge in [-0.3, -0.25) is 14.2 Å². The first-order valence-electron chi connectivity index (χ1n) is 9.21. The number of esters is 1.